The van der Waals surface area contributed by atoms with Gasteiger partial charge in [0.2, 0.25) is 16.0 Å². The molecule has 0 saturated carbocycles. The Balaban J connectivity index is 1.62. The SMILES string of the molecule is CN1CCN(C(=O)c2cccc3cnc(Nc4ccc(S(N)(=O)=O)cc4)nc23)CC1. The van der Waals surface area contributed by atoms with Crippen molar-refractivity contribution in [3.63, 3.8) is 0 Å². The number of hydrogen-bond donors (Lipinski definition) is 2. The largest absolute Gasteiger partial charge is 0.336 e. The normalized spacial score (nSPS) is 15.3. The first kappa shape index (κ1) is 20.2. The van der Waals surface area contributed by atoms with Gasteiger partial charge < -0.3 is 15.1 Å². The van der Waals surface area contributed by atoms with Crippen LogP contribution in [0.5, 0.6) is 0 Å². The van der Waals surface area contributed by atoms with Gasteiger partial charge >= 0.3 is 0 Å². The molecule has 0 unspecified atom stereocenters. The molecule has 10 heteroatoms. The van der Waals surface area contributed by atoms with Crippen molar-refractivity contribution in [2.24, 2.45) is 5.14 Å². The Morgan fingerprint density at radius 1 is 1.07 bits per heavy atom. The van der Waals surface area contributed by atoms with E-state index in [1.807, 2.05) is 24.1 Å². The summed E-state index contributed by atoms with van der Waals surface area (Å²) in [6.45, 7) is 3.04. The maximum atomic E-state index is 13.1. The number of rotatable bonds is 4. The summed E-state index contributed by atoms with van der Waals surface area (Å²) in [5.74, 6) is 0.264. The summed E-state index contributed by atoms with van der Waals surface area (Å²) in [4.78, 5) is 26.0. The minimum Gasteiger partial charge on any atom is -0.336 e. The maximum Gasteiger partial charge on any atom is 0.256 e. The monoisotopic (exact) mass is 426 g/mol. The summed E-state index contributed by atoms with van der Waals surface area (Å²) in [6.07, 6.45) is 1.66. The second kappa shape index (κ2) is 7.98. The molecule has 156 valence electrons. The molecule has 1 amide bonds. The van der Waals surface area contributed by atoms with Crippen molar-refractivity contribution in [2.75, 3.05) is 38.5 Å². The van der Waals surface area contributed by atoms with Gasteiger partial charge in [0.1, 0.15) is 0 Å². The number of anilines is 2. The van der Waals surface area contributed by atoms with Gasteiger partial charge in [0, 0.05) is 43.4 Å². The highest BCUT2D eigenvalue weighted by Crippen LogP contribution is 2.22. The highest BCUT2D eigenvalue weighted by Gasteiger charge is 2.22. The number of amides is 1. The molecule has 3 N–H and O–H groups in total. The van der Waals surface area contributed by atoms with Gasteiger partial charge in [-0.3, -0.25) is 4.79 Å². The number of hydrogen-bond acceptors (Lipinski definition) is 7. The maximum absolute atomic E-state index is 13.1. The quantitative estimate of drug-likeness (QED) is 0.647. The van der Waals surface area contributed by atoms with E-state index in [1.165, 1.54) is 12.1 Å². The highest BCUT2D eigenvalue weighted by atomic mass is 32.2. The van der Waals surface area contributed by atoms with Crippen molar-refractivity contribution >= 4 is 38.5 Å². The number of likely N-dealkylation sites (N-methyl/N-ethyl adjacent to an activating group) is 1. The average Bonchev–Trinajstić information content (AvgIpc) is 2.73. The molecule has 1 aliphatic rings. The third-order valence-electron chi connectivity index (χ3n) is 5.07. The van der Waals surface area contributed by atoms with Gasteiger partial charge in [0.25, 0.3) is 5.91 Å². The van der Waals surface area contributed by atoms with Gasteiger partial charge in [-0.25, -0.2) is 23.5 Å². The van der Waals surface area contributed by atoms with Crippen LogP contribution >= 0.6 is 0 Å². The number of primary sulfonamides is 1. The van der Waals surface area contributed by atoms with Gasteiger partial charge in [0.15, 0.2) is 0 Å². The number of carbonyl (C=O) groups excluding carboxylic acids is 1. The summed E-state index contributed by atoms with van der Waals surface area (Å²) in [5, 5.41) is 8.93. The molecule has 0 aliphatic carbocycles. The number of nitrogens with one attached hydrogen (secondary N) is 1. The van der Waals surface area contributed by atoms with E-state index >= 15 is 0 Å². The fraction of sp³-hybridized carbons (Fsp3) is 0.250. The number of aromatic nitrogens is 2. The van der Waals surface area contributed by atoms with Crippen LogP contribution in [-0.4, -0.2) is 67.3 Å². The second-order valence-corrected chi connectivity index (χ2v) is 8.79. The summed E-state index contributed by atoms with van der Waals surface area (Å²) in [6, 6.07) is 11.4. The minimum absolute atomic E-state index is 0.0209. The molecule has 0 atom stereocenters. The fourth-order valence-corrected chi connectivity index (χ4v) is 3.84. The third-order valence-corrected chi connectivity index (χ3v) is 6.00. The zero-order chi connectivity index (χ0) is 21.3. The van der Waals surface area contributed by atoms with Crippen molar-refractivity contribution in [3.05, 3.63) is 54.2 Å². The van der Waals surface area contributed by atoms with Crippen LogP contribution in [0.15, 0.2) is 53.6 Å². The molecule has 3 aromatic rings. The van der Waals surface area contributed by atoms with Gasteiger partial charge in [-0.05, 0) is 37.4 Å². The lowest BCUT2D eigenvalue weighted by Gasteiger charge is -2.32. The zero-order valence-corrected chi connectivity index (χ0v) is 17.3. The molecular formula is C20H22N6O3S. The zero-order valence-electron chi connectivity index (χ0n) is 16.4. The van der Waals surface area contributed by atoms with Crippen molar-refractivity contribution in [3.8, 4) is 0 Å². The number of benzene rings is 2. The lowest BCUT2D eigenvalue weighted by atomic mass is 10.1. The Morgan fingerprint density at radius 3 is 2.43 bits per heavy atom. The van der Waals surface area contributed by atoms with Crippen LogP contribution in [0.2, 0.25) is 0 Å². The molecule has 0 spiro atoms. The van der Waals surface area contributed by atoms with E-state index in [0.29, 0.717) is 35.8 Å². The van der Waals surface area contributed by atoms with Crippen LogP contribution in [0.4, 0.5) is 11.6 Å². The predicted octanol–water partition coefficient (Wildman–Crippen LogP) is 1.41. The lowest BCUT2D eigenvalue weighted by Crippen LogP contribution is -2.47. The first-order valence-electron chi connectivity index (χ1n) is 9.45. The number of sulfonamides is 1. The van der Waals surface area contributed by atoms with Crippen molar-refractivity contribution in [1.82, 2.24) is 19.8 Å². The topological polar surface area (TPSA) is 122 Å². The first-order valence-corrected chi connectivity index (χ1v) is 11.0. The van der Waals surface area contributed by atoms with Crippen LogP contribution in [0, 0.1) is 0 Å². The van der Waals surface area contributed by atoms with E-state index in [9.17, 15) is 13.2 Å². The molecule has 0 radical (unpaired) electrons. The lowest BCUT2D eigenvalue weighted by molar-refractivity contribution is 0.0666. The summed E-state index contributed by atoms with van der Waals surface area (Å²) >= 11 is 0. The molecule has 4 rings (SSSR count). The smallest absolute Gasteiger partial charge is 0.256 e. The molecule has 30 heavy (non-hydrogen) atoms. The number of para-hydroxylation sites is 1. The van der Waals surface area contributed by atoms with Crippen LogP contribution in [-0.2, 0) is 10.0 Å². The van der Waals surface area contributed by atoms with E-state index < -0.39 is 10.0 Å². The summed E-state index contributed by atoms with van der Waals surface area (Å²) in [7, 11) is -1.71. The number of nitrogens with two attached hydrogens (primary N) is 1. The van der Waals surface area contributed by atoms with Gasteiger partial charge in [0.05, 0.1) is 16.0 Å². The van der Waals surface area contributed by atoms with E-state index in [1.54, 1.807) is 24.4 Å². The van der Waals surface area contributed by atoms with E-state index in [2.05, 4.69) is 20.2 Å². The van der Waals surface area contributed by atoms with Gasteiger partial charge in [-0.1, -0.05) is 12.1 Å². The Hall–Kier alpha value is -3.08. The van der Waals surface area contributed by atoms with Gasteiger partial charge in [-0.15, -0.1) is 0 Å². The second-order valence-electron chi connectivity index (χ2n) is 7.23. The van der Waals surface area contributed by atoms with Crippen LogP contribution in [0.3, 0.4) is 0 Å². The molecule has 1 saturated heterocycles. The Bertz CT molecular complexity index is 1190. The van der Waals surface area contributed by atoms with Crippen LogP contribution in [0.1, 0.15) is 10.4 Å². The van der Waals surface area contributed by atoms with Crippen molar-refractivity contribution in [1.29, 1.82) is 0 Å². The first-order chi connectivity index (χ1) is 14.3. The van der Waals surface area contributed by atoms with Crippen LogP contribution in [0.25, 0.3) is 10.9 Å². The van der Waals surface area contributed by atoms with Crippen LogP contribution < -0.4 is 10.5 Å². The Morgan fingerprint density at radius 2 is 1.77 bits per heavy atom. The van der Waals surface area contributed by atoms with E-state index in [4.69, 9.17) is 5.14 Å². The predicted molar refractivity (Wildman–Crippen MR) is 114 cm³/mol. The third kappa shape index (κ3) is 4.25. The number of fused-ring (bicyclic) bond motifs is 1. The van der Waals surface area contributed by atoms with Crippen molar-refractivity contribution in [2.45, 2.75) is 4.90 Å². The average molecular weight is 427 g/mol. The van der Waals surface area contributed by atoms with Crippen molar-refractivity contribution < 1.29 is 13.2 Å². The van der Waals surface area contributed by atoms with E-state index in [0.717, 1.165) is 18.5 Å². The molecule has 9 nitrogen and oxygen atoms in total. The summed E-state index contributed by atoms with van der Waals surface area (Å²) < 4.78 is 22.8. The molecule has 1 aliphatic heterocycles. The molecule has 1 fully saturated rings. The Kier molecular flexibility index (Phi) is 5.37. The number of carbonyl (C=O) groups is 1. The summed E-state index contributed by atoms with van der Waals surface area (Å²) in [5.41, 5.74) is 1.71. The number of piperazine rings is 1. The molecular weight excluding hydrogens is 404 g/mol. The standard InChI is InChI=1S/C20H22N6O3S/c1-25-9-11-26(12-10-25)19(27)17-4-2-3-14-13-22-20(24-18(14)17)23-15-5-7-16(8-6-15)30(21,28)29/h2-8,13H,9-12H2,1H3,(H2,21,28,29)(H,22,23,24). The molecule has 2 aromatic carbocycles. The molecule has 1 aromatic heterocycles. The molecule has 0 bridgehead atoms. The minimum atomic E-state index is -3.75. The molecule has 2 heterocycles. The highest BCUT2D eigenvalue weighted by molar-refractivity contribution is 7.89. The van der Waals surface area contributed by atoms with Gasteiger partial charge in [-0.2, -0.15) is 0 Å². The van der Waals surface area contributed by atoms with E-state index in [-0.39, 0.29) is 10.8 Å². The Labute approximate surface area is 174 Å². The number of nitrogens with zero attached hydrogens (tertiary/aromatic N) is 4. The fourth-order valence-electron chi connectivity index (χ4n) is 3.33.